The first kappa shape index (κ1) is 22.4. The number of anilines is 1. The molecule has 3 heterocycles. The molecule has 2 aromatic heterocycles. The number of hydrogen-bond donors (Lipinski definition) is 5. The van der Waals surface area contributed by atoms with Gasteiger partial charge in [0.2, 0.25) is 5.82 Å². The molecular formula is C25H30N6O5. The number of amides is 1. The summed E-state index contributed by atoms with van der Waals surface area (Å²) in [6.07, 6.45) is 3.43. The number of nitrogens with two attached hydrogens (primary N) is 1. The molecule has 0 radical (unpaired) electrons. The Hall–Kier alpha value is -2.78. The largest absolute Gasteiger partial charge is 0.387 e. The van der Waals surface area contributed by atoms with Gasteiger partial charge in [-0.15, -0.1) is 0 Å². The van der Waals surface area contributed by atoms with Crippen LogP contribution >= 0.6 is 0 Å². The van der Waals surface area contributed by atoms with Crippen LogP contribution in [0.2, 0.25) is 0 Å². The zero-order chi connectivity index (χ0) is 24.8. The van der Waals surface area contributed by atoms with Gasteiger partial charge in [-0.2, -0.15) is 0 Å². The van der Waals surface area contributed by atoms with Gasteiger partial charge in [0, 0.05) is 6.04 Å². The molecule has 190 valence electrons. The van der Waals surface area contributed by atoms with Crippen molar-refractivity contribution in [2.24, 2.45) is 23.7 Å². The first-order valence-electron chi connectivity index (χ1n) is 12.9. The SMILES string of the molecule is Nc1nc(C#CC2(O)C3CC4CC(C3)CC2C4)nc2c1ncn2C1O[C@H](C(=O)NC2CC2)[C@@H](O)[C@H]1O. The van der Waals surface area contributed by atoms with Crippen LogP contribution in [0.25, 0.3) is 11.2 Å². The van der Waals surface area contributed by atoms with Crippen molar-refractivity contribution in [1.82, 2.24) is 24.8 Å². The monoisotopic (exact) mass is 494 g/mol. The minimum absolute atomic E-state index is 0.0940. The standard InChI is InChI=1S/C25H30N6O5/c26-21-17-22(31(10-27-17)24-19(33)18(32)20(36-24)23(34)28-15-1-2-15)30-16(29-21)3-4-25(35)13-6-11-5-12(8-13)9-14(25)7-11/h10-15,18-20,24,32-33,35H,1-2,5-9H2,(H,28,34)(H2,26,29,30)/t11?,12?,13?,14?,18-,19+,20-,24?,25?/m0/s1. The molecule has 2 aromatic rings. The molecule has 0 aromatic carbocycles. The van der Waals surface area contributed by atoms with Gasteiger partial charge < -0.3 is 31.1 Å². The molecule has 11 nitrogen and oxygen atoms in total. The summed E-state index contributed by atoms with van der Waals surface area (Å²) in [5.41, 5.74) is 5.67. The van der Waals surface area contributed by atoms with Crippen molar-refractivity contribution in [2.45, 2.75) is 81.1 Å². The van der Waals surface area contributed by atoms with Crippen LogP contribution < -0.4 is 11.1 Å². The number of rotatable bonds is 3. The van der Waals surface area contributed by atoms with Crippen LogP contribution in [-0.2, 0) is 9.53 Å². The maximum atomic E-state index is 12.5. The molecule has 1 amide bonds. The number of aromatic nitrogens is 4. The first-order chi connectivity index (χ1) is 17.3. The Kier molecular flexibility index (Phi) is 4.89. The highest BCUT2D eigenvalue weighted by Crippen LogP contribution is 2.58. The molecule has 1 aliphatic heterocycles. The second-order valence-electron chi connectivity index (χ2n) is 11.3. The Morgan fingerprint density at radius 2 is 1.81 bits per heavy atom. The van der Waals surface area contributed by atoms with E-state index >= 15 is 0 Å². The number of imidazole rings is 1. The Labute approximate surface area is 207 Å². The Bertz CT molecular complexity index is 1270. The quantitative estimate of drug-likeness (QED) is 0.364. The molecule has 1 unspecified atom stereocenters. The van der Waals surface area contributed by atoms with Crippen molar-refractivity contribution in [1.29, 1.82) is 0 Å². The highest BCUT2D eigenvalue weighted by Gasteiger charge is 2.56. The van der Waals surface area contributed by atoms with Crippen molar-refractivity contribution in [3.8, 4) is 11.8 Å². The zero-order valence-corrected chi connectivity index (χ0v) is 19.7. The molecule has 5 saturated carbocycles. The minimum Gasteiger partial charge on any atom is -0.387 e. The fourth-order valence-corrected chi connectivity index (χ4v) is 7.06. The van der Waals surface area contributed by atoms with Crippen LogP contribution in [0.3, 0.4) is 0 Å². The zero-order valence-electron chi connectivity index (χ0n) is 19.7. The molecule has 6 N–H and O–H groups in total. The number of fused-ring (bicyclic) bond motifs is 1. The average molecular weight is 495 g/mol. The van der Waals surface area contributed by atoms with Crippen LogP contribution in [0.5, 0.6) is 0 Å². The molecule has 6 aliphatic rings. The van der Waals surface area contributed by atoms with Crippen molar-refractivity contribution < 1.29 is 24.9 Å². The summed E-state index contributed by atoms with van der Waals surface area (Å²) >= 11 is 0. The molecule has 4 bridgehead atoms. The van der Waals surface area contributed by atoms with Crippen molar-refractivity contribution in [2.75, 3.05) is 5.73 Å². The molecule has 1 saturated heterocycles. The second kappa shape index (κ2) is 7.86. The van der Waals surface area contributed by atoms with Gasteiger partial charge in [0.25, 0.3) is 5.91 Å². The minimum atomic E-state index is -1.41. The summed E-state index contributed by atoms with van der Waals surface area (Å²) in [5, 5.41) is 35.5. The third kappa shape index (κ3) is 3.43. The summed E-state index contributed by atoms with van der Waals surface area (Å²) in [6, 6.07) is 0.0940. The van der Waals surface area contributed by atoms with Gasteiger partial charge in [0.1, 0.15) is 23.3 Å². The third-order valence-corrected chi connectivity index (χ3v) is 8.90. The normalized spacial score (nSPS) is 40.9. The number of aliphatic hydroxyl groups excluding tert-OH is 2. The molecule has 11 heteroatoms. The number of aliphatic hydroxyl groups is 3. The van der Waals surface area contributed by atoms with Gasteiger partial charge in [0.05, 0.1) is 6.33 Å². The predicted octanol–water partition coefficient (Wildman–Crippen LogP) is -0.155. The maximum Gasteiger partial charge on any atom is 0.252 e. The number of carbonyl (C=O) groups is 1. The van der Waals surface area contributed by atoms with Crippen molar-refractivity contribution >= 4 is 22.9 Å². The summed E-state index contributed by atoms with van der Waals surface area (Å²) in [5.74, 6) is 7.63. The lowest BCUT2D eigenvalue weighted by atomic mass is 9.50. The average Bonchev–Trinajstić information content (AvgIpc) is 3.48. The molecule has 8 rings (SSSR count). The van der Waals surface area contributed by atoms with E-state index in [0.717, 1.165) is 38.5 Å². The lowest BCUT2D eigenvalue weighted by Crippen LogP contribution is -2.56. The first-order valence-corrected chi connectivity index (χ1v) is 12.9. The van der Waals surface area contributed by atoms with E-state index in [0.29, 0.717) is 17.4 Å². The van der Waals surface area contributed by atoms with Gasteiger partial charge in [-0.3, -0.25) is 9.36 Å². The number of hydrogen-bond acceptors (Lipinski definition) is 9. The molecule has 6 fully saturated rings. The van der Waals surface area contributed by atoms with Crippen LogP contribution in [0.15, 0.2) is 6.33 Å². The predicted molar refractivity (Wildman–Crippen MR) is 126 cm³/mol. The van der Waals surface area contributed by atoms with E-state index in [1.807, 2.05) is 0 Å². The molecular weight excluding hydrogens is 464 g/mol. The van der Waals surface area contributed by atoms with Crippen molar-refractivity contribution in [3.63, 3.8) is 0 Å². The highest BCUT2D eigenvalue weighted by atomic mass is 16.6. The summed E-state index contributed by atoms with van der Waals surface area (Å²) in [7, 11) is 0. The fraction of sp³-hybridized carbons (Fsp3) is 0.680. The number of carbonyl (C=O) groups excluding carboxylic acids is 1. The summed E-state index contributed by atoms with van der Waals surface area (Å²) in [4.78, 5) is 25.5. The lowest BCUT2D eigenvalue weighted by molar-refractivity contribution is -0.137. The Balaban J connectivity index is 1.19. The highest BCUT2D eigenvalue weighted by molar-refractivity contribution is 5.83. The third-order valence-electron chi connectivity index (χ3n) is 8.90. The van der Waals surface area contributed by atoms with Crippen LogP contribution in [0.1, 0.15) is 57.0 Å². The van der Waals surface area contributed by atoms with E-state index in [4.69, 9.17) is 10.5 Å². The van der Waals surface area contributed by atoms with Gasteiger partial charge >= 0.3 is 0 Å². The molecule has 0 spiro atoms. The van der Waals surface area contributed by atoms with E-state index in [9.17, 15) is 20.1 Å². The number of nitrogen functional groups attached to an aromatic ring is 1. The fourth-order valence-electron chi connectivity index (χ4n) is 7.06. The van der Waals surface area contributed by atoms with E-state index in [-0.39, 0.29) is 35.2 Å². The Morgan fingerprint density at radius 3 is 2.47 bits per heavy atom. The smallest absolute Gasteiger partial charge is 0.252 e. The number of ether oxygens (including phenoxy) is 1. The van der Waals surface area contributed by atoms with E-state index in [2.05, 4.69) is 32.1 Å². The van der Waals surface area contributed by atoms with E-state index in [1.165, 1.54) is 17.3 Å². The van der Waals surface area contributed by atoms with Gasteiger partial charge in [-0.05, 0) is 74.5 Å². The van der Waals surface area contributed by atoms with Crippen LogP contribution in [-0.4, -0.2) is 70.7 Å². The maximum absolute atomic E-state index is 12.5. The second-order valence-corrected chi connectivity index (χ2v) is 11.3. The summed E-state index contributed by atoms with van der Waals surface area (Å²) in [6.45, 7) is 0. The molecule has 36 heavy (non-hydrogen) atoms. The van der Waals surface area contributed by atoms with Crippen LogP contribution in [0, 0.1) is 35.5 Å². The van der Waals surface area contributed by atoms with Gasteiger partial charge in [-0.25, -0.2) is 15.0 Å². The van der Waals surface area contributed by atoms with E-state index < -0.39 is 36.0 Å². The van der Waals surface area contributed by atoms with Gasteiger partial charge in [-0.1, -0.05) is 5.92 Å². The van der Waals surface area contributed by atoms with Crippen molar-refractivity contribution in [3.05, 3.63) is 12.2 Å². The lowest BCUT2D eigenvalue weighted by Gasteiger charge is -2.56. The molecule has 4 atom stereocenters. The summed E-state index contributed by atoms with van der Waals surface area (Å²) < 4.78 is 7.22. The van der Waals surface area contributed by atoms with E-state index in [1.54, 1.807) is 0 Å². The van der Waals surface area contributed by atoms with Gasteiger partial charge in [0.15, 0.2) is 23.8 Å². The molecule has 5 aliphatic carbocycles. The Morgan fingerprint density at radius 1 is 1.11 bits per heavy atom. The van der Waals surface area contributed by atoms with Crippen LogP contribution in [0.4, 0.5) is 5.82 Å². The number of nitrogens with one attached hydrogen (secondary N) is 1. The topological polar surface area (TPSA) is 169 Å². The number of nitrogens with zero attached hydrogens (tertiary/aromatic N) is 4.